The highest BCUT2D eigenvalue weighted by molar-refractivity contribution is 6.32. The summed E-state index contributed by atoms with van der Waals surface area (Å²) in [5, 5.41) is 9.13. The molecule has 0 fully saturated rings. The summed E-state index contributed by atoms with van der Waals surface area (Å²) >= 11 is 5.83. The molecule has 16 heavy (non-hydrogen) atoms. The summed E-state index contributed by atoms with van der Waals surface area (Å²) in [5.74, 6) is -1.73. The van der Waals surface area contributed by atoms with Gasteiger partial charge in [-0.15, -0.1) is 0 Å². The Balaban J connectivity index is 3.41. The summed E-state index contributed by atoms with van der Waals surface area (Å²) < 4.78 is 28.3. The first-order valence-electron chi connectivity index (χ1n) is 4.32. The van der Waals surface area contributed by atoms with E-state index < -0.39 is 12.6 Å². The smallest absolute Gasteiger partial charge is 0.387 e. The van der Waals surface area contributed by atoms with E-state index in [-0.39, 0.29) is 21.9 Å². The number of hydrogen-bond acceptors (Lipinski definition) is 2. The number of carboxylic acids is 1. The van der Waals surface area contributed by atoms with E-state index in [1.54, 1.807) is 6.92 Å². The third-order valence-corrected chi connectivity index (χ3v) is 2.66. The Morgan fingerprint density at radius 2 is 2.06 bits per heavy atom. The molecule has 0 aromatic heterocycles. The molecule has 0 aliphatic heterocycles. The van der Waals surface area contributed by atoms with E-state index in [9.17, 15) is 13.6 Å². The molecule has 6 heteroatoms. The maximum absolute atomic E-state index is 12.1. The van der Waals surface area contributed by atoms with Gasteiger partial charge in [0.25, 0.3) is 0 Å². The summed E-state index contributed by atoms with van der Waals surface area (Å²) in [6.45, 7) is -0.0470. The van der Waals surface area contributed by atoms with E-state index in [2.05, 4.69) is 4.74 Å². The van der Waals surface area contributed by atoms with Crippen molar-refractivity contribution < 1.29 is 23.4 Å². The zero-order valence-corrected chi connectivity index (χ0v) is 9.31. The molecule has 1 N–H and O–H groups in total. The Morgan fingerprint density at radius 3 is 2.50 bits per heavy atom. The van der Waals surface area contributed by atoms with Gasteiger partial charge in [0.1, 0.15) is 11.3 Å². The SMILES string of the molecule is Cc1cc(OC(F)F)c(C(=O)O)c(C)c1Cl. The van der Waals surface area contributed by atoms with E-state index in [4.69, 9.17) is 16.7 Å². The van der Waals surface area contributed by atoms with Gasteiger partial charge in [0.05, 0.1) is 0 Å². The summed E-state index contributed by atoms with van der Waals surface area (Å²) in [7, 11) is 0. The number of carbonyl (C=O) groups is 1. The Labute approximate surface area is 95.6 Å². The van der Waals surface area contributed by atoms with Crippen LogP contribution in [0.2, 0.25) is 5.02 Å². The largest absolute Gasteiger partial charge is 0.478 e. The molecule has 0 saturated heterocycles. The number of carboxylic acid groups (broad SMARTS) is 1. The Bertz CT molecular complexity index is 433. The number of aromatic carboxylic acids is 1. The lowest BCUT2D eigenvalue weighted by Crippen LogP contribution is -2.10. The number of hydrogen-bond donors (Lipinski definition) is 1. The molecule has 0 bridgehead atoms. The van der Waals surface area contributed by atoms with Crippen molar-refractivity contribution in [2.75, 3.05) is 0 Å². The number of aryl methyl sites for hydroxylation is 1. The number of ether oxygens (including phenoxy) is 1. The topological polar surface area (TPSA) is 46.5 Å². The molecule has 0 radical (unpaired) electrons. The predicted molar refractivity (Wildman–Crippen MR) is 54.5 cm³/mol. The van der Waals surface area contributed by atoms with Crippen molar-refractivity contribution in [3.63, 3.8) is 0 Å². The molecular formula is C10H9ClF2O3. The van der Waals surface area contributed by atoms with Crippen LogP contribution in [0.25, 0.3) is 0 Å². The Hall–Kier alpha value is -1.36. The van der Waals surface area contributed by atoms with Gasteiger partial charge in [0.2, 0.25) is 0 Å². The van der Waals surface area contributed by atoms with Crippen LogP contribution < -0.4 is 4.74 Å². The number of rotatable bonds is 3. The molecule has 0 amide bonds. The summed E-state index contributed by atoms with van der Waals surface area (Å²) in [5.41, 5.74) is 0.362. The second-order valence-corrected chi connectivity index (χ2v) is 3.57. The minimum Gasteiger partial charge on any atom is -0.478 e. The van der Waals surface area contributed by atoms with Gasteiger partial charge in [-0.3, -0.25) is 0 Å². The number of benzene rings is 1. The molecule has 1 rings (SSSR count). The van der Waals surface area contributed by atoms with Crippen LogP contribution in [0.4, 0.5) is 8.78 Å². The lowest BCUT2D eigenvalue weighted by molar-refractivity contribution is -0.0503. The summed E-state index contributed by atoms with van der Waals surface area (Å²) in [6.07, 6.45) is 0. The molecule has 0 aliphatic carbocycles. The van der Waals surface area contributed by atoms with Crippen molar-refractivity contribution in [3.8, 4) is 5.75 Å². The van der Waals surface area contributed by atoms with Crippen molar-refractivity contribution in [2.24, 2.45) is 0 Å². The molecule has 88 valence electrons. The van der Waals surface area contributed by atoms with Crippen LogP contribution in [0, 0.1) is 13.8 Å². The van der Waals surface area contributed by atoms with Gasteiger partial charge >= 0.3 is 12.6 Å². The van der Waals surface area contributed by atoms with E-state index >= 15 is 0 Å². The molecule has 0 spiro atoms. The fourth-order valence-electron chi connectivity index (χ4n) is 1.38. The van der Waals surface area contributed by atoms with Gasteiger partial charge in [0.15, 0.2) is 0 Å². The first-order valence-corrected chi connectivity index (χ1v) is 4.70. The van der Waals surface area contributed by atoms with E-state index in [1.807, 2.05) is 0 Å². The third-order valence-electron chi connectivity index (χ3n) is 2.07. The average Bonchev–Trinajstić information content (AvgIpc) is 2.12. The van der Waals surface area contributed by atoms with Crippen LogP contribution in [0.1, 0.15) is 21.5 Å². The molecule has 0 heterocycles. The summed E-state index contributed by atoms with van der Waals surface area (Å²) in [6, 6.07) is 1.19. The Kier molecular flexibility index (Phi) is 3.70. The van der Waals surface area contributed by atoms with E-state index in [1.165, 1.54) is 13.0 Å². The monoisotopic (exact) mass is 250 g/mol. The molecule has 0 unspecified atom stereocenters. The van der Waals surface area contributed by atoms with Crippen LogP contribution in [-0.4, -0.2) is 17.7 Å². The fourth-order valence-corrected chi connectivity index (χ4v) is 1.53. The lowest BCUT2D eigenvalue weighted by Gasteiger charge is -2.13. The molecular weight excluding hydrogens is 242 g/mol. The summed E-state index contributed by atoms with van der Waals surface area (Å²) in [4.78, 5) is 10.9. The van der Waals surface area contributed by atoms with Crippen molar-refractivity contribution in [3.05, 3.63) is 27.8 Å². The zero-order chi connectivity index (χ0) is 12.5. The second kappa shape index (κ2) is 4.65. The standard InChI is InChI=1S/C10H9ClF2O3/c1-4-3-6(16-10(12)13)7(9(14)15)5(2)8(4)11/h3,10H,1-2H3,(H,14,15). The van der Waals surface area contributed by atoms with Gasteiger partial charge in [-0.05, 0) is 31.0 Å². The van der Waals surface area contributed by atoms with Crippen LogP contribution in [0.15, 0.2) is 6.07 Å². The van der Waals surface area contributed by atoms with Crippen LogP contribution in [0.5, 0.6) is 5.75 Å². The van der Waals surface area contributed by atoms with Gasteiger partial charge in [-0.25, -0.2) is 4.79 Å². The van der Waals surface area contributed by atoms with Crippen LogP contribution in [0.3, 0.4) is 0 Å². The van der Waals surface area contributed by atoms with Gasteiger partial charge < -0.3 is 9.84 Å². The van der Waals surface area contributed by atoms with E-state index in [0.717, 1.165) is 0 Å². The minimum atomic E-state index is -3.07. The van der Waals surface area contributed by atoms with Crippen LogP contribution >= 0.6 is 11.6 Å². The third kappa shape index (κ3) is 2.41. The van der Waals surface area contributed by atoms with Crippen molar-refractivity contribution in [1.82, 2.24) is 0 Å². The first kappa shape index (κ1) is 12.7. The van der Waals surface area contributed by atoms with Crippen molar-refractivity contribution in [1.29, 1.82) is 0 Å². The number of halogens is 3. The molecule has 1 aromatic rings. The minimum absolute atomic E-state index is 0.213. The zero-order valence-electron chi connectivity index (χ0n) is 8.55. The Morgan fingerprint density at radius 1 is 1.50 bits per heavy atom. The van der Waals surface area contributed by atoms with Crippen molar-refractivity contribution >= 4 is 17.6 Å². The highest BCUT2D eigenvalue weighted by Crippen LogP contribution is 2.32. The van der Waals surface area contributed by atoms with Gasteiger partial charge in [0, 0.05) is 5.02 Å². The van der Waals surface area contributed by atoms with E-state index in [0.29, 0.717) is 5.56 Å². The van der Waals surface area contributed by atoms with Crippen molar-refractivity contribution in [2.45, 2.75) is 20.5 Å². The lowest BCUT2D eigenvalue weighted by atomic mass is 10.0. The first-order chi connectivity index (χ1) is 7.34. The van der Waals surface area contributed by atoms with Gasteiger partial charge in [-0.2, -0.15) is 8.78 Å². The highest BCUT2D eigenvalue weighted by atomic mass is 35.5. The average molecular weight is 251 g/mol. The molecule has 3 nitrogen and oxygen atoms in total. The molecule has 1 aromatic carbocycles. The maximum Gasteiger partial charge on any atom is 0.387 e. The second-order valence-electron chi connectivity index (χ2n) is 3.19. The number of alkyl halides is 2. The quantitative estimate of drug-likeness (QED) is 0.896. The maximum atomic E-state index is 12.1. The molecule has 0 atom stereocenters. The molecule has 0 saturated carbocycles. The van der Waals surface area contributed by atoms with Gasteiger partial charge in [-0.1, -0.05) is 11.6 Å². The molecule has 0 aliphatic rings. The predicted octanol–water partition coefficient (Wildman–Crippen LogP) is 3.26. The fraction of sp³-hybridized carbons (Fsp3) is 0.300. The van der Waals surface area contributed by atoms with Crippen LogP contribution in [-0.2, 0) is 0 Å². The normalized spacial score (nSPS) is 10.6. The highest BCUT2D eigenvalue weighted by Gasteiger charge is 2.21.